The Balaban J connectivity index is 1.31. The summed E-state index contributed by atoms with van der Waals surface area (Å²) >= 11 is 0. The van der Waals surface area contributed by atoms with E-state index in [0.29, 0.717) is 18.8 Å². The van der Waals surface area contributed by atoms with Gasteiger partial charge in [0.15, 0.2) is 0 Å². The van der Waals surface area contributed by atoms with Crippen molar-refractivity contribution in [2.75, 3.05) is 0 Å². The summed E-state index contributed by atoms with van der Waals surface area (Å²) < 4.78 is 6.08. The number of amides is 2. The first-order valence-electron chi connectivity index (χ1n) is 11.0. The standard InChI is InChI=1S/C27H23N3O4/c31-26-22(25(29-26)27(32)30-33)14-17-10-12-20(13-11-17)34-16-19-15-24(18-6-2-1-3-7-18)28-23-9-5-4-8-21(19)23/h1-13,15,22,25,33H,14,16H2,(H,29,31)(H,30,32)/t22-,25?/m1/s1. The van der Waals surface area contributed by atoms with Crippen LogP contribution < -0.4 is 15.5 Å². The van der Waals surface area contributed by atoms with Gasteiger partial charge in [-0.2, -0.15) is 0 Å². The van der Waals surface area contributed by atoms with Crippen molar-refractivity contribution in [3.05, 3.63) is 96.1 Å². The second-order valence-corrected chi connectivity index (χ2v) is 8.26. The second-order valence-electron chi connectivity index (χ2n) is 8.26. The number of carbonyl (C=O) groups is 2. The molecule has 0 bridgehead atoms. The lowest BCUT2D eigenvalue weighted by Crippen LogP contribution is -2.64. The average Bonchev–Trinajstić information content (AvgIpc) is 2.89. The Kier molecular flexibility index (Phi) is 5.93. The van der Waals surface area contributed by atoms with Crippen LogP contribution in [0.25, 0.3) is 22.2 Å². The molecule has 1 fully saturated rings. The molecule has 1 aliphatic rings. The molecule has 0 saturated carbocycles. The van der Waals surface area contributed by atoms with Gasteiger partial charge in [0.1, 0.15) is 18.4 Å². The predicted molar refractivity (Wildman–Crippen MR) is 127 cm³/mol. The molecule has 0 radical (unpaired) electrons. The van der Waals surface area contributed by atoms with Gasteiger partial charge >= 0.3 is 0 Å². The molecule has 170 valence electrons. The molecule has 0 spiro atoms. The van der Waals surface area contributed by atoms with Crippen LogP contribution in [0, 0.1) is 5.92 Å². The number of hydrogen-bond acceptors (Lipinski definition) is 5. The van der Waals surface area contributed by atoms with Crippen LogP contribution in [0.1, 0.15) is 11.1 Å². The second kappa shape index (κ2) is 9.33. The molecule has 2 atom stereocenters. The van der Waals surface area contributed by atoms with E-state index in [4.69, 9.17) is 14.9 Å². The first-order chi connectivity index (χ1) is 16.6. The summed E-state index contributed by atoms with van der Waals surface area (Å²) in [4.78, 5) is 28.3. The highest BCUT2D eigenvalue weighted by molar-refractivity contribution is 5.99. The molecule has 3 aromatic carbocycles. The van der Waals surface area contributed by atoms with Crippen molar-refractivity contribution in [3.63, 3.8) is 0 Å². The third-order valence-electron chi connectivity index (χ3n) is 6.07. The number of rotatable bonds is 7. The molecule has 34 heavy (non-hydrogen) atoms. The van der Waals surface area contributed by atoms with Crippen molar-refractivity contribution < 1.29 is 19.5 Å². The lowest BCUT2D eigenvalue weighted by molar-refractivity contribution is -0.147. The molecule has 7 heteroatoms. The molecular formula is C27H23N3O4. The van der Waals surface area contributed by atoms with Crippen LogP contribution in [0.2, 0.25) is 0 Å². The van der Waals surface area contributed by atoms with Gasteiger partial charge in [-0.1, -0.05) is 60.7 Å². The van der Waals surface area contributed by atoms with Crippen LogP contribution in [-0.4, -0.2) is 28.0 Å². The number of β-lactam (4-membered cyclic amide) rings is 1. The summed E-state index contributed by atoms with van der Waals surface area (Å²) in [6.07, 6.45) is 0.402. The maximum absolute atomic E-state index is 11.8. The minimum atomic E-state index is -0.716. The van der Waals surface area contributed by atoms with Gasteiger partial charge in [0.25, 0.3) is 5.91 Å². The summed E-state index contributed by atoms with van der Waals surface area (Å²) in [5.41, 5.74) is 6.40. The molecule has 7 nitrogen and oxygen atoms in total. The van der Waals surface area contributed by atoms with E-state index < -0.39 is 17.9 Å². The van der Waals surface area contributed by atoms with Gasteiger partial charge < -0.3 is 10.1 Å². The van der Waals surface area contributed by atoms with Gasteiger partial charge in [-0.05, 0) is 36.2 Å². The maximum Gasteiger partial charge on any atom is 0.266 e. The number of pyridine rings is 1. The predicted octanol–water partition coefficient (Wildman–Crippen LogP) is 3.64. The van der Waals surface area contributed by atoms with E-state index >= 15 is 0 Å². The molecule has 1 saturated heterocycles. The zero-order chi connectivity index (χ0) is 23.5. The highest BCUT2D eigenvalue weighted by Crippen LogP contribution is 2.27. The Morgan fingerprint density at radius 1 is 1.00 bits per heavy atom. The lowest BCUT2D eigenvalue weighted by atomic mass is 9.84. The first-order valence-corrected chi connectivity index (χ1v) is 11.0. The van der Waals surface area contributed by atoms with Crippen LogP contribution in [0.15, 0.2) is 84.9 Å². The average molecular weight is 453 g/mol. The van der Waals surface area contributed by atoms with Crippen LogP contribution >= 0.6 is 0 Å². The molecule has 0 aliphatic carbocycles. The summed E-state index contributed by atoms with van der Waals surface area (Å²) in [7, 11) is 0. The number of ether oxygens (including phenoxy) is 1. The van der Waals surface area contributed by atoms with E-state index in [9.17, 15) is 9.59 Å². The van der Waals surface area contributed by atoms with Crippen LogP contribution in [-0.2, 0) is 22.6 Å². The van der Waals surface area contributed by atoms with Crippen LogP contribution in [0.5, 0.6) is 5.75 Å². The lowest BCUT2D eigenvalue weighted by Gasteiger charge is -2.34. The van der Waals surface area contributed by atoms with Crippen LogP contribution in [0.4, 0.5) is 0 Å². The van der Waals surface area contributed by atoms with Gasteiger partial charge in [0, 0.05) is 16.5 Å². The fourth-order valence-electron chi connectivity index (χ4n) is 4.20. The zero-order valence-electron chi connectivity index (χ0n) is 18.3. The number of benzene rings is 3. The molecule has 1 unspecified atom stereocenters. The Morgan fingerprint density at radius 3 is 2.47 bits per heavy atom. The minimum absolute atomic E-state index is 0.201. The van der Waals surface area contributed by atoms with Gasteiger partial charge in [-0.3, -0.25) is 14.8 Å². The Bertz CT molecular complexity index is 1340. The number of hydroxylamine groups is 1. The van der Waals surface area contributed by atoms with Gasteiger partial charge in [0.2, 0.25) is 5.91 Å². The number of fused-ring (bicyclic) bond motifs is 1. The van der Waals surface area contributed by atoms with E-state index in [1.165, 1.54) is 0 Å². The Labute approximate surface area is 196 Å². The highest BCUT2D eigenvalue weighted by atomic mass is 16.5. The van der Waals surface area contributed by atoms with E-state index in [1.54, 1.807) is 5.48 Å². The van der Waals surface area contributed by atoms with E-state index in [2.05, 4.69) is 11.4 Å². The number of nitrogens with one attached hydrogen (secondary N) is 2. The number of aromatic nitrogens is 1. The quantitative estimate of drug-likeness (QED) is 0.225. The number of nitrogens with zero attached hydrogens (tertiary/aromatic N) is 1. The monoisotopic (exact) mass is 453 g/mol. The van der Waals surface area contributed by atoms with E-state index in [-0.39, 0.29) is 5.91 Å². The SMILES string of the molecule is O=C(NO)C1NC(=O)[C@@H]1Cc1ccc(OCc2cc(-c3ccccc3)nc3ccccc23)cc1. The van der Waals surface area contributed by atoms with Gasteiger partial charge in [-0.25, -0.2) is 10.5 Å². The normalized spacial score (nSPS) is 17.0. The molecule has 4 aromatic rings. The van der Waals surface area contributed by atoms with Crippen molar-refractivity contribution in [2.24, 2.45) is 5.92 Å². The topological polar surface area (TPSA) is 101 Å². The van der Waals surface area contributed by atoms with E-state index in [0.717, 1.165) is 33.3 Å². The molecule has 1 aliphatic heterocycles. The molecule has 1 aromatic heterocycles. The highest BCUT2D eigenvalue weighted by Gasteiger charge is 2.43. The smallest absolute Gasteiger partial charge is 0.266 e. The minimum Gasteiger partial charge on any atom is -0.489 e. The van der Waals surface area contributed by atoms with Gasteiger partial charge in [-0.15, -0.1) is 0 Å². The number of hydrogen-bond donors (Lipinski definition) is 3. The van der Waals surface area contributed by atoms with Crippen molar-refractivity contribution in [2.45, 2.75) is 19.1 Å². The number of para-hydroxylation sites is 1. The van der Waals surface area contributed by atoms with Crippen molar-refractivity contribution >= 4 is 22.7 Å². The number of carbonyl (C=O) groups excluding carboxylic acids is 2. The fourth-order valence-corrected chi connectivity index (χ4v) is 4.20. The summed E-state index contributed by atoms with van der Waals surface area (Å²) in [5, 5.41) is 12.4. The molecule has 2 heterocycles. The Hall–Kier alpha value is -4.23. The Morgan fingerprint density at radius 2 is 1.74 bits per heavy atom. The van der Waals surface area contributed by atoms with E-state index in [1.807, 2.05) is 78.9 Å². The molecule has 3 N–H and O–H groups in total. The zero-order valence-corrected chi connectivity index (χ0v) is 18.3. The molecular weight excluding hydrogens is 430 g/mol. The third-order valence-corrected chi connectivity index (χ3v) is 6.07. The fraction of sp³-hybridized carbons (Fsp3) is 0.148. The summed E-state index contributed by atoms with van der Waals surface area (Å²) in [5.74, 6) is -0.608. The molecule has 5 rings (SSSR count). The summed E-state index contributed by atoms with van der Waals surface area (Å²) in [6, 6.07) is 26.9. The first kappa shape index (κ1) is 21.6. The van der Waals surface area contributed by atoms with Gasteiger partial charge in [0.05, 0.1) is 17.1 Å². The van der Waals surface area contributed by atoms with Crippen molar-refractivity contribution in [1.82, 2.24) is 15.8 Å². The third kappa shape index (κ3) is 4.33. The molecule has 2 amide bonds. The van der Waals surface area contributed by atoms with Crippen LogP contribution in [0.3, 0.4) is 0 Å². The van der Waals surface area contributed by atoms with Crippen molar-refractivity contribution in [1.29, 1.82) is 0 Å². The maximum atomic E-state index is 11.8. The summed E-state index contributed by atoms with van der Waals surface area (Å²) in [6.45, 7) is 0.381. The largest absolute Gasteiger partial charge is 0.489 e. The van der Waals surface area contributed by atoms with Crippen molar-refractivity contribution in [3.8, 4) is 17.0 Å².